The van der Waals surface area contributed by atoms with Crippen molar-refractivity contribution in [2.75, 3.05) is 17.8 Å². The molecule has 4 aromatic rings. The number of aromatic nitrogens is 1. The average Bonchev–Trinajstić information content (AvgIpc) is 3.26. The van der Waals surface area contributed by atoms with E-state index in [0.717, 1.165) is 15.8 Å². The van der Waals surface area contributed by atoms with Gasteiger partial charge in [-0.2, -0.15) is 0 Å². The molecule has 1 aromatic heterocycles. The molecule has 0 aliphatic rings. The van der Waals surface area contributed by atoms with Gasteiger partial charge in [-0.25, -0.2) is 13.4 Å². The van der Waals surface area contributed by atoms with Crippen LogP contribution >= 0.6 is 11.3 Å². The first-order valence-corrected chi connectivity index (χ1v) is 13.0. The standard InChI is InChI=1S/C25H24N2O4S2/c1-31-20-14-15-23-22(17-20)26-25(32-23)27(18-19-9-4-2-5-10-19)24(28)13-8-16-33(29,30)21-11-6-3-7-12-21/h2-7,9-12,14-15,17H,8,13,16,18H2,1H3. The van der Waals surface area contributed by atoms with Crippen LogP contribution in [0.5, 0.6) is 5.75 Å². The third-order valence-electron chi connectivity index (χ3n) is 5.20. The summed E-state index contributed by atoms with van der Waals surface area (Å²) in [5.41, 5.74) is 1.73. The van der Waals surface area contributed by atoms with Crippen LogP contribution in [0.15, 0.2) is 83.8 Å². The van der Waals surface area contributed by atoms with Crippen molar-refractivity contribution in [1.29, 1.82) is 0 Å². The van der Waals surface area contributed by atoms with Crippen molar-refractivity contribution in [3.8, 4) is 5.75 Å². The van der Waals surface area contributed by atoms with Gasteiger partial charge in [-0.3, -0.25) is 9.69 Å². The van der Waals surface area contributed by atoms with Crippen LogP contribution in [0.2, 0.25) is 0 Å². The fourth-order valence-corrected chi connectivity index (χ4v) is 5.75. The molecule has 0 unspecified atom stereocenters. The van der Waals surface area contributed by atoms with E-state index >= 15 is 0 Å². The Morgan fingerprint density at radius 3 is 2.39 bits per heavy atom. The molecule has 0 bridgehead atoms. The molecule has 33 heavy (non-hydrogen) atoms. The van der Waals surface area contributed by atoms with Crippen molar-refractivity contribution in [2.45, 2.75) is 24.3 Å². The van der Waals surface area contributed by atoms with Crippen LogP contribution in [-0.2, 0) is 21.2 Å². The number of thiazole rings is 1. The highest BCUT2D eigenvalue weighted by Gasteiger charge is 2.22. The molecule has 3 aromatic carbocycles. The third kappa shape index (κ3) is 5.58. The maximum absolute atomic E-state index is 13.2. The number of fused-ring (bicyclic) bond motifs is 1. The summed E-state index contributed by atoms with van der Waals surface area (Å²) in [5.74, 6) is 0.457. The van der Waals surface area contributed by atoms with Crippen LogP contribution in [0.4, 0.5) is 5.13 Å². The molecule has 0 aliphatic heterocycles. The summed E-state index contributed by atoms with van der Waals surface area (Å²) < 4.78 is 31.4. The minimum Gasteiger partial charge on any atom is -0.497 e. The lowest BCUT2D eigenvalue weighted by atomic mass is 10.2. The molecule has 0 N–H and O–H groups in total. The zero-order valence-electron chi connectivity index (χ0n) is 18.2. The van der Waals surface area contributed by atoms with E-state index < -0.39 is 9.84 Å². The highest BCUT2D eigenvalue weighted by atomic mass is 32.2. The predicted octanol–water partition coefficient (Wildman–Crippen LogP) is 5.09. The molecule has 4 rings (SSSR count). The molecule has 0 atom stereocenters. The van der Waals surface area contributed by atoms with Gasteiger partial charge in [-0.05, 0) is 36.2 Å². The van der Waals surface area contributed by atoms with Gasteiger partial charge < -0.3 is 4.74 Å². The first kappa shape index (κ1) is 22.9. The highest BCUT2D eigenvalue weighted by molar-refractivity contribution is 7.91. The number of nitrogens with zero attached hydrogens (tertiary/aromatic N) is 2. The Labute approximate surface area is 197 Å². The Morgan fingerprint density at radius 2 is 1.70 bits per heavy atom. The second-order valence-electron chi connectivity index (χ2n) is 7.53. The second-order valence-corrected chi connectivity index (χ2v) is 10.6. The fraction of sp³-hybridized carbons (Fsp3) is 0.200. The number of rotatable bonds is 9. The fourth-order valence-electron chi connectivity index (χ4n) is 3.46. The van der Waals surface area contributed by atoms with Crippen molar-refractivity contribution in [2.24, 2.45) is 0 Å². The number of hydrogen-bond donors (Lipinski definition) is 0. The van der Waals surface area contributed by atoms with Crippen molar-refractivity contribution in [3.05, 3.63) is 84.4 Å². The van der Waals surface area contributed by atoms with E-state index in [4.69, 9.17) is 4.74 Å². The average molecular weight is 481 g/mol. The first-order chi connectivity index (χ1) is 16.0. The Balaban J connectivity index is 1.54. The quantitative estimate of drug-likeness (QED) is 0.333. The summed E-state index contributed by atoms with van der Waals surface area (Å²) in [6.45, 7) is 0.363. The molecule has 0 saturated heterocycles. The number of sulfone groups is 1. The molecular weight excluding hydrogens is 456 g/mol. The first-order valence-electron chi connectivity index (χ1n) is 10.5. The topological polar surface area (TPSA) is 76.6 Å². The molecule has 0 spiro atoms. The lowest BCUT2D eigenvalue weighted by Gasteiger charge is -2.20. The van der Waals surface area contributed by atoms with Gasteiger partial charge >= 0.3 is 0 Å². The molecule has 1 heterocycles. The Morgan fingerprint density at radius 1 is 1.00 bits per heavy atom. The van der Waals surface area contributed by atoms with Gasteiger partial charge in [0.15, 0.2) is 15.0 Å². The van der Waals surface area contributed by atoms with Crippen molar-refractivity contribution in [3.63, 3.8) is 0 Å². The largest absolute Gasteiger partial charge is 0.497 e. The van der Waals surface area contributed by atoms with Gasteiger partial charge in [0.25, 0.3) is 0 Å². The summed E-state index contributed by atoms with van der Waals surface area (Å²) in [4.78, 5) is 19.8. The summed E-state index contributed by atoms with van der Waals surface area (Å²) in [5, 5.41) is 0.582. The van der Waals surface area contributed by atoms with E-state index in [0.29, 0.717) is 17.4 Å². The van der Waals surface area contributed by atoms with Gasteiger partial charge in [0.05, 0.1) is 34.5 Å². The number of methoxy groups -OCH3 is 1. The summed E-state index contributed by atoms with van der Waals surface area (Å²) in [6, 6.07) is 23.6. The maximum atomic E-state index is 13.2. The highest BCUT2D eigenvalue weighted by Crippen LogP contribution is 2.32. The summed E-state index contributed by atoms with van der Waals surface area (Å²) in [7, 11) is -1.83. The SMILES string of the molecule is COc1ccc2sc(N(Cc3ccccc3)C(=O)CCCS(=O)(=O)c3ccccc3)nc2c1. The molecule has 0 saturated carbocycles. The molecule has 1 amide bonds. The molecule has 6 nitrogen and oxygen atoms in total. The number of anilines is 1. The number of carbonyl (C=O) groups excluding carboxylic acids is 1. The lowest BCUT2D eigenvalue weighted by Crippen LogP contribution is -2.30. The number of ether oxygens (including phenoxy) is 1. The van der Waals surface area contributed by atoms with E-state index in [2.05, 4.69) is 4.98 Å². The smallest absolute Gasteiger partial charge is 0.229 e. The zero-order chi connectivity index (χ0) is 23.3. The Bertz CT molecular complexity index is 1340. The minimum absolute atomic E-state index is 0.0844. The van der Waals surface area contributed by atoms with Gasteiger partial charge in [-0.1, -0.05) is 59.9 Å². The number of carbonyl (C=O) groups is 1. The van der Waals surface area contributed by atoms with Crippen LogP contribution in [0, 0.1) is 0 Å². The normalized spacial score (nSPS) is 11.4. The monoisotopic (exact) mass is 480 g/mol. The van der Waals surface area contributed by atoms with Gasteiger partial charge in [0, 0.05) is 12.5 Å². The van der Waals surface area contributed by atoms with Crippen molar-refractivity contribution >= 4 is 42.4 Å². The van der Waals surface area contributed by atoms with E-state index in [9.17, 15) is 13.2 Å². The maximum Gasteiger partial charge on any atom is 0.229 e. The van der Waals surface area contributed by atoms with E-state index in [1.807, 2.05) is 48.5 Å². The lowest BCUT2D eigenvalue weighted by molar-refractivity contribution is -0.118. The van der Waals surface area contributed by atoms with Crippen molar-refractivity contribution < 1.29 is 17.9 Å². The third-order valence-corrected chi connectivity index (χ3v) is 8.08. The van der Waals surface area contributed by atoms with Gasteiger partial charge in [-0.15, -0.1) is 0 Å². The second kappa shape index (κ2) is 10.1. The Hall–Kier alpha value is -3.23. The minimum atomic E-state index is -3.43. The van der Waals surface area contributed by atoms with E-state index in [1.54, 1.807) is 42.3 Å². The Kier molecular flexibility index (Phi) is 7.05. The van der Waals surface area contributed by atoms with Crippen LogP contribution in [0.1, 0.15) is 18.4 Å². The molecule has 8 heteroatoms. The van der Waals surface area contributed by atoms with E-state index in [-0.39, 0.29) is 29.4 Å². The van der Waals surface area contributed by atoms with Gasteiger partial charge in [0.2, 0.25) is 5.91 Å². The summed E-state index contributed by atoms with van der Waals surface area (Å²) >= 11 is 1.43. The van der Waals surface area contributed by atoms with Crippen LogP contribution in [-0.4, -0.2) is 32.2 Å². The van der Waals surface area contributed by atoms with Crippen LogP contribution < -0.4 is 9.64 Å². The van der Waals surface area contributed by atoms with Crippen LogP contribution in [0.3, 0.4) is 0 Å². The predicted molar refractivity (Wildman–Crippen MR) is 132 cm³/mol. The van der Waals surface area contributed by atoms with E-state index in [1.165, 1.54) is 11.3 Å². The molecule has 0 fully saturated rings. The summed E-state index contributed by atoms with van der Waals surface area (Å²) in [6.07, 6.45) is 0.345. The number of hydrogen-bond acceptors (Lipinski definition) is 6. The van der Waals surface area contributed by atoms with Crippen LogP contribution in [0.25, 0.3) is 10.2 Å². The van der Waals surface area contributed by atoms with Crippen molar-refractivity contribution in [1.82, 2.24) is 4.98 Å². The number of benzene rings is 3. The molecule has 170 valence electrons. The molecular formula is C25H24N2O4S2. The number of amides is 1. The molecule has 0 aliphatic carbocycles. The van der Waals surface area contributed by atoms with Gasteiger partial charge in [0.1, 0.15) is 5.75 Å². The zero-order valence-corrected chi connectivity index (χ0v) is 19.8. The molecule has 0 radical (unpaired) electrons.